The minimum atomic E-state index is -1.95. The number of hydrogen-bond donors (Lipinski definition) is 4. The van der Waals surface area contributed by atoms with Crippen molar-refractivity contribution >= 4 is 17.7 Å². The van der Waals surface area contributed by atoms with Crippen molar-refractivity contribution in [1.82, 2.24) is 15.7 Å². The highest BCUT2D eigenvalue weighted by atomic mass is 16.6. The monoisotopic (exact) mass is 481 g/mol. The molecule has 0 aliphatic rings. The zero-order valence-electron chi connectivity index (χ0n) is 20.5. The van der Waals surface area contributed by atoms with Crippen LogP contribution in [0.2, 0.25) is 0 Å². The van der Waals surface area contributed by atoms with E-state index in [1.54, 1.807) is 38.1 Å². The molecule has 9 nitrogen and oxygen atoms in total. The van der Waals surface area contributed by atoms with Crippen molar-refractivity contribution in [3.05, 3.63) is 70.8 Å². The molecule has 1 atom stereocenters. The standard InChI is InChI=1S/C26H31N3O6/c1-25(2,33)35-17-16-20-10-8-18(9-11-20)6-7-19-12-14-21(15-13-19)22(30)29(5)26(3,23(31)27-4)24(32)28-34/h8-15,33-34H,16-17H2,1-5H3,(H,27,31)(H,28,32). The van der Waals surface area contributed by atoms with Gasteiger partial charge in [-0.25, -0.2) is 5.48 Å². The number of nitrogens with zero attached hydrogens (tertiary/aromatic N) is 1. The van der Waals surface area contributed by atoms with Gasteiger partial charge in [0.1, 0.15) is 0 Å². The first kappa shape index (κ1) is 27.5. The van der Waals surface area contributed by atoms with Crippen LogP contribution in [0.1, 0.15) is 47.8 Å². The van der Waals surface area contributed by atoms with E-state index in [4.69, 9.17) is 9.94 Å². The van der Waals surface area contributed by atoms with E-state index in [1.807, 2.05) is 24.3 Å². The first-order chi connectivity index (χ1) is 16.4. The van der Waals surface area contributed by atoms with Crippen molar-refractivity contribution in [2.75, 3.05) is 20.7 Å². The van der Waals surface area contributed by atoms with Gasteiger partial charge in [-0.05, 0) is 69.2 Å². The maximum atomic E-state index is 12.9. The molecule has 0 aromatic heterocycles. The van der Waals surface area contributed by atoms with Crippen LogP contribution in [0.4, 0.5) is 0 Å². The zero-order valence-corrected chi connectivity index (χ0v) is 20.5. The first-order valence-electron chi connectivity index (χ1n) is 10.9. The Morgan fingerprint density at radius 2 is 1.46 bits per heavy atom. The summed E-state index contributed by atoms with van der Waals surface area (Å²) in [5.74, 6) is 2.57. The third kappa shape index (κ3) is 7.13. The summed E-state index contributed by atoms with van der Waals surface area (Å²) >= 11 is 0. The Hall–Kier alpha value is -3.71. The normalized spacial score (nSPS) is 12.5. The van der Waals surface area contributed by atoms with Gasteiger partial charge in [0.15, 0.2) is 11.3 Å². The topological polar surface area (TPSA) is 128 Å². The van der Waals surface area contributed by atoms with E-state index in [9.17, 15) is 19.5 Å². The van der Waals surface area contributed by atoms with E-state index in [0.29, 0.717) is 18.6 Å². The minimum Gasteiger partial charge on any atom is -0.366 e. The smallest absolute Gasteiger partial charge is 0.278 e. The summed E-state index contributed by atoms with van der Waals surface area (Å²) in [4.78, 5) is 38.3. The van der Waals surface area contributed by atoms with Gasteiger partial charge in [0.2, 0.25) is 0 Å². The van der Waals surface area contributed by atoms with Crippen molar-refractivity contribution in [3.63, 3.8) is 0 Å². The second kappa shape index (κ2) is 11.6. The van der Waals surface area contributed by atoms with Crippen LogP contribution in [0, 0.1) is 11.8 Å². The van der Waals surface area contributed by atoms with Crippen LogP contribution >= 0.6 is 0 Å². The molecule has 1 unspecified atom stereocenters. The number of hydroxylamine groups is 1. The second-order valence-electron chi connectivity index (χ2n) is 8.53. The van der Waals surface area contributed by atoms with Crippen LogP contribution in [-0.4, -0.2) is 65.0 Å². The number of likely N-dealkylation sites (N-methyl/N-ethyl adjacent to an activating group) is 2. The third-order valence-electron chi connectivity index (χ3n) is 5.47. The molecule has 0 spiro atoms. The highest BCUT2D eigenvalue weighted by Gasteiger charge is 2.47. The van der Waals surface area contributed by atoms with Crippen LogP contribution in [0.25, 0.3) is 0 Å². The Morgan fingerprint density at radius 1 is 0.943 bits per heavy atom. The maximum absolute atomic E-state index is 12.9. The fourth-order valence-corrected chi connectivity index (χ4v) is 3.17. The van der Waals surface area contributed by atoms with Gasteiger partial charge < -0.3 is 20.1 Å². The van der Waals surface area contributed by atoms with Gasteiger partial charge in [-0.2, -0.15) is 0 Å². The van der Waals surface area contributed by atoms with Crippen molar-refractivity contribution in [1.29, 1.82) is 0 Å². The molecule has 0 aliphatic carbocycles. The predicted octanol–water partition coefficient (Wildman–Crippen LogP) is 1.46. The molecule has 9 heteroatoms. The second-order valence-corrected chi connectivity index (χ2v) is 8.53. The molecule has 2 rings (SSSR count). The maximum Gasteiger partial charge on any atom is 0.278 e. The summed E-state index contributed by atoms with van der Waals surface area (Å²) in [5, 5.41) is 21.0. The molecule has 0 aliphatic heterocycles. The first-order valence-corrected chi connectivity index (χ1v) is 10.9. The molecule has 3 amide bonds. The molecule has 2 aromatic carbocycles. The van der Waals surface area contributed by atoms with Gasteiger partial charge in [0.25, 0.3) is 17.7 Å². The van der Waals surface area contributed by atoms with Crippen LogP contribution in [0.3, 0.4) is 0 Å². The highest BCUT2D eigenvalue weighted by Crippen LogP contribution is 2.18. The summed E-state index contributed by atoms with van der Waals surface area (Å²) < 4.78 is 5.31. The van der Waals surface area contributed by atoms with Gasteiger partial charge in [0, 0.05) is 30.8 Å². The van der Waals surface area contributed by atoms with E-state index in [2.05, 4.69) is 17.2 Å². The van der Waals surface area contributed by atoms with Crippen molar-refractivity contribution < 1.29 is 29.4 Å². The predicted molar refractivity (Wildman–Crippen MR) is 129 cm³/mol. The molecule has 0 saturated carbocycles. The Bertz CT molecular complexity index is 1090. The van der Waals surface area contributed by atoms with E-state index >= 15 is 0 Å². The number of aliphatic hydroxyl groups is 1. The number of hydrogen-bond acceptors (Lipinski definition) is 6. The average Bonchev–Trinajstić information content (AvgIpc) is 2.85. The molecule has 186 valence electrons. The van der Waals surface area contributed by atoms with Gasteiger partial charge in [0.05, 0.1) is 6.61 Å². The SMILES string of the molecule is CNC(=O)C(C)(C(=O)NO)N(C)C(=O)c1ccc(C#Cc2ccc(CCOC(C)(C)O)cc2)cc1. The molecular formula is C26H31N3O6. The summed E-state index contributed by atoms with van der Waals surface area (Å²) in [7, 11) is 2.64. The molecular weight excluding hydrogens is 450 g/mol. The lowest BCUT2D eigenvalue weighted by atomic mass is 9.96. The van der Waals surface area contributed by atoms with Crippen LogP contribution in [0.5, 0.6) is 0 Å². The lowest BCUT2D eigenvalue weighted by Gasteiger charge is -2.34. The number of carbonyl (C=O) groups excluding carboxylic acids is 3. The zero-order chi connectivity index (χ0) is 26.2. The Kier molecular flexibility index (Phi) is 9.14. The van der Waals surface area contributed by atoms with Crippen molar-refractivity contribution in [3.8, 4) is 11.8 Å². The quantitative estimate of drug-likeness (QED) is 0.149. The summed E-state index contributed by atoms with van der Waals surface area (Å²) in [6.45, 7) is 4.82. The minimum absolute atomic E-state index is 0.247. The fraction of sp³-hybridized carbons (Fsp3) is 0.346. The largest absolute Gasteiger partial charge is 0.366 e. The summed E-state index contributed by atoms with van der Waals surface area (Å²) in [6.07, 6.45) is 0.667. The van der Waals surface area contributed by atoms with Gasteiger partial charge in [-0.3, -0.25) is 19.6 Å². The van der Waals surface area contributed by atoms with Crippen LogP contribution < -0.4 is 10.8 Å². The number of ether oxygens (including phenoxy) is 1. The lowest BCUT2D eigenvalue weighted by molar-refractivity contribution is -0.175. The molecule has 0 radical (unpaired) electrons. The molecule has 2 aromatic rings. The van der Waals surface area contributed by atoms with Gasteiger partial charge in [-0.1, -0.05) is 24.0 Å². The van der Waals surface area contributed by atoms with Gasteiger partial charge >= 0.3 is 0 Å². The molecule has 0 heterocycles. The Morgan fingerprint density at radius 3 is 1.91 bits per heavy atom. The Labute approximate surface area is 205 Å². The summed E-state index contributed by atoms with van der Waals surface area (Å²) in [5.41, 5.74) is 2.28. The fourth-order valence-electron chi connectivity index (χ4n) is 3.17. The number of nitrogens with one attached hydrogen (secondary N) is 2. The molecule has 4 N–H and O–H groups in total. The lowest BCUT2D eigenvalue weighted by Crippen LogP contribution is -2.64. The van der Waals surface area contributed by atoms with Crippen LogP contribution in [0.15, 0.2) is 48.5 Å². The van der Waals surface area contributed by atoms with Crippen molar-refractivity contribution in [2.24, 2.45) is 0 Å². The molecule has 0 bridgehead atoms. The average molecular weight is 482 g/mol. The number of rotatable bonds is 8. The van der Waals surface area contributed by atoms with Crippen LogP contribution in [-0.2, 0) is 20.7 Å². The Balaban J connectivity index is 2.09. The summed E-state index contributed by atoms with van der Waals surface area (Å²) in [6, 6.07) is 14.1. The van der Waals surface area contributed by atoms with E-state index in [1.165, 1.54) is 26.5 Å². The molecule has 0 saturated heterocycles. The van der Waals surface area contributed by atoms with Gasteiger partial charge in [-0.15, -0.1) is 0 Å². The number of carbonyl (C=O) groups is 3. The third-order valence-corrected chi connectivity index (χ3v) is 5.47. The van der Waals surface area contributed by atoms with Crippen molar-refractivity contribution in [2.45, 2.75) is 38.5 Å². The number of amides is 3. The van der Waals surface area contributed by atoms with E-state index in [-0.39, 0.29) is 5.56 Å². The highest BCUT2D eigenvalue weighted by molar-refractivity contribution is 6.12. The molecule has 0 fully saturated rings. The molecule has 35 heavy (non-hydrogen) atoms. The van der Waals surface area contributed by atoms with E-state index in [0.717, 1.165) is 16.0 Å². The number of benzene rings is 2. The van der Waals surface area contributed by atoms with E-state index < -0.39 is 29.0 Å².